The molecule has 0 radical (unpaired) electrons. The van der Waals surface area contributed by atoms with Crippen molar-refractivity contribution in [2.45, 2.75) is 39.3 Å². The maximum atomic E-state index is 4.80. The summed E-state index contributed by atoms with van der Waals surface area (Å²) in [5, 5.41) is 1.38. The molecule has 1 atom stereocenters. The average Bonchev–Trinajstić information content (AvgIpc) is 3.06. The molecule has 2 aliphatic rings. The molecule has 0 saturated carbocycles. The third-order valence-electron chi connectivity index (χ3n) is 5.67. The largest absolute Gasteiger partial charge is 0.329 e. The van der Waals surface area contributed by atoms with E-state index >= 15 is 0 Å². The Kier molecular flexibility index (Phi) is 3.90. The number of aromatic nitrogens is 2. The topological polar surface area (TPSA) is 24.3 Å². The van der Waals surface area contributed by atoms with Crippen molar-refractivity contribution in [3.63, 3.8) is 0 Å². The lowest BCUT2D eigenvalue weighted by Gasteiger charge is -2.24. The molecule has 2 aromatic heterocycles. The van der Waals surface area contributed by atoms with Crippen molar-refractivity contribution in [3.05, 3.63) is 29.1 Å². The van der Waals surface area contributed by atoms with Gasteiger partial charge in [-0.05, 0) is 63.5 Å². The molecule has 4 heterocycles. The number of aryl methyl sites for hydroxylation is 2. The van der Waals surface area contributed by atoms with E-state index in [1.54, 1.807) is 5.69 Å². The van der Waals surface area contributed by atoms with Gasteiger partial charge in [-0.15, -0.1) is 0 Å². The number of hydrogen-bond donors (Lipinski definition) is 0. The van der Waals surface area contributed by atoms with Crippen LogP contribution in [-0.2, 0) is 19.5 Å². The van der Waals surface area contributed by atoms with Gasteiger partial charge >= 0.3 is 0 Å². The van der Waals surface area contributed by atoms with Crippen LogP contribution in [-0.4, -0.2) is 53.1 Å². The quantitative estimate of drug-likeness (QED) is 0.871. The maximum absolute atomic E-state index is 4.80. The van der Waals surface area contributed by atoms with Crippen LogP contribution in [0.25, 0.3) is 11.0 Å². The predicted molar refractivity (Wildman–Crippen MR) is 94.7 cm³/mol. The van der Waals surface area contributed by atoms with Gasteiger partial charge in [0, 0.05) is 49.9 Å². The molecule has 1 saturated heterocycles. The third-order valence-corrected chi connectivity index (χ3v) is 5.67. The van der Waals surface area contributed by atoms with E-state index in [4.69, 9.17) is 4.98 Å². The number of nitrogens with zero attached hydrogens (tertiary/aromatic N) is 4. The van der Waals surface area contributed by atoms with Crippen LogP contribution in [0.3, 0.4) is 0 Å². The van der Waals surface area contributed by atoms with Crippen molar-refractivity contribution >= 4 is 11.0 Å². The van der Waals surface area contributed by atoms with Gasteiger partial charge in [0.05, 0.1) is 0 Å². The van der Waals surface area contributed by atoms with Gasteiger partial charge < -0.3 is 14.4 Å². The highest BCUT2D eigenvalue weighted by molar-refractivity contribution is 5.83. The molecule has 0 amide bonds. The monoisotopic (exact) mass is 312 g/mol. The summed E-state index contributed by atoms with van der Waals surface area (Å²) in [5.74, 6) is 0.852. The summed E-state index contributed by atoms with van der Waals surface area (Å²) >= 11 is 0. The lowest BCUT2D eigenvalue weighted by Crippen LogP contribution is -2.27. The van der Waals surface area contributed by atoms with Crippen LogP contribution in [0.15, 0.2) is 12.3 Å². The van der Waals surface area contributed by atoms with E-state index in [0.29, 0.717) is 0 Å². The second-order valence-corrected chi connectivity index (χ2v) is 7.65. The first-order chi connectivity index (χ1) is 11.1. The van der Waals surface area contributed by atoms with Crippen LogP contribution >= 0.6 is 0 Å². The number of likely N-dealkylation sites (N-methyl/N-ethyl adjacent to an activating group) is 1. The van der Waals surface area contributed by atoms with Gasteiger partial charge in [0.15, 0.2) is 0 Å². The summed E-state index contributed by atoms with van der Waals surface area (Å²) in [7, 11) is 4.47. The van der Waals surface area contributed by atoms with Crippen LogP contribution < -0.4 is 0 Å². The Morgan fingerprint density at radius 2 is 2.09 bits per heavy atom. The molecule has 4 nitrogen and oxygen atoms in total. The summed E-state index contributed by atoms with van der Waals surface area (Å²) in [4.78, 5) is 9.70. The van der Waals surface area contributed by atoms with Gasteiger partial charge in [-0.1, -0.05) is 0 Å². The van der Waals surface area contributed by atoms with Crippen molar-refractivity contribution in [3.8, 4) is 0 Å². The second-order valence-electron chi connectivity index (χ2n) is 7.65. The number of likely N-dealkylation sites (tertiary alicyclic amines) is 1. The first-order valence-corrected chi connectivity index (χ1v) is 8.95. The van der Waals surface area contributed by atoms with Gasteiger partial charge in [0.2, 0.25) is 0 Å². The fourth-order valence-electron chi connectivity index (χ4n) is 4.37. The van der Waals surface area contributed by atoms with Gasteiger partial charge in [0.25, 0.3) is 0 Å². The first kappa shape index (κ1) is 15.2. The highest BCUT2D eigenvalue weighted by Gasteiger charge is 2.25. The predicted octanol–water partition coefficient (Wildman–Crippen LogP) is 2.67. The zero-order valence-electron chi connectivity index (χ0n) is 14.7. The van der Waals surface area contributed by atoms with Gasteiger partial charge in [-0.25, -0.2) is 4.98 Å². The highest BCUT2D eigenvalue weighted by Crippen LogP contribution is 2.31. The molecule has 2 aliphatic heterocycles. The Hall–Kier alpha value is -1.39. The molecule has 2 aromatic rings. The Bertz CT molecular complexity index is 718. The molecular formula is C19H28N4. The fourth-order valence-corrected chi connectivity index (χ4v) is 4.37. The zero-order valence-corrected chi connectivity index (χ0v) is 14.7. The van der Waals surface area contributed by atoms with Crippen LogP contribution in [0.2, 0.25) is 0 Å². The maximum Gasteiger partial charge on any atom is 0.140 e. The Balaban J connectivity index is 1.68. The number of rotatable bonds is 3. The highest BCUT2D eigenvalue weighted by atomic mass is 15.1. The average molecular weight is 312 g/mol. The van der Waals surface area contributed by atoms with Crippen molar-refractivity contribution in [2.75, 3.05) is 33.7 Å². The van der Waals surface area contributed by atoms with Crippen molar-refractivity contribution < 1.29 is 0 Å². The molecule has 1 unspecified atom stereocenters. The van der Waals surface area contributed by atoms with Gasteiger partial charge in [-0.3, -0.25) is 0 Å². The zero-order chi connectivity index (χ0) is 16.0. The Morgan fingerprint density at radius 3 is 2.87 bits per heavy atom. The van der Waals surface area contributed by atoms with E-state index in [2.05, 4.69) is 41.5 Å². The third kappa shape index (κ3) is 2.79. The van der Waals surface area contributed by atoms with Crippen molar-refractivity contribution in [2.24, 2.45) is 5.92 Å². The molecular weight excluding hydrogens is 284 g/mol. The fraction of sp³-hybridized carbons (Fsp3) is 0.632. The van der Waals surface area contributed by atoms with E-state index in [1.807, 2.05) is 6.20 Å². The molecule has 0 N–H and O–H groups in total. The molecule has 0 bridgehead atoms. The minimum atomic E-state index is 0.852. The van der Waals surface area contributed by atoms with Crippen LogP contribution in [0.4, 0.5) is 0 Å². The molecule has 1 fully saturated rings. The Morgan fingerprint density at radius 1 is 1.22 bits per heavy atom. The molecule has 0 aliphatic carbocycles. The smallest absolute Gasteiger partial charge is 0.140 e. The lowest BCUT2D eigenvalue weighted by atomic mass is 10.0. The van der Waals surface area contributed by atoms with Crippen LogP contribution in [0.1, 0.15) is 29.7 Å². The first-order valence-electron chi connectivity index (χ1n) is 8.95. The SMILES string of the molecule is Cc1cnc2c(c1)c1c(n2CCC2CCN(C)C2)CCN(C)C1. The van der Waals surface area contributed by atoms with Crippen molar-refractivity contribution in [1.82, 2.24) is 19.4 Å². The van der Waals surface area contributed by atoms with E-state index in [-0.39, 0.29) is 0 Å². The molecule has 23 heavy (non-hydrogen) atoms. The summed E-state index contributed by atoms with van der Waals surface area (Å²) in [5.41, 5.74) is 5.54. The number of pyridine rings is 1. The minimum Gasteiger partial charge on any atom is -0.329 e. The number of hydrogen-bond acceptors (Lipinski definition) is 3. The van der Waals surface area contributed by atoms with Crippen LogP contribution in [0, 0.1) is 12.8 Å². The van der Waals surface area contributed by atoms with Gasteiger partial charge in [-0.2, -0.15) is 0 Å². The van der Waals surface area contributed by atoms with Crippen molar-refractivity contribution in [1.29, 1.82) is 0 Å². The summed E-state index contributed by atoms with van der Waals surface area (Å²) < 4.78 is 2.54. The van der Waals surface area contributed by atoms with Crippen LogP contribution in [0.5, 0.6) is 0 Å². The van der Waals surface area contributed by atoms with E-state index in [0.717, 1.165) is 32.0 Å². The molecule has 4 rings (SSSR count). The standard InChI is InChI=1S/C19H28N4/c1-14-10-16-17-13-22(3)8-6-18(17)23(19(16)20-11-14)9-5-15-4-7-21(2)12-15/h10-11,15H,4-9,12-13H2,1-3H3. The molecule has 4 heteroatoms. The molecule has 124 valence electrons. The Labute approximate surface area is 139 Å². The normalized spacial score (nSPS) is 22.8. The van der Waals surface area contributed by atoms with Gasteiger partial charge in [0.1, 0.15) is 5.65 Å². The molecule has 0 aromatic carbocycles. The lowest BCUT2D eigenvalue weighted by molar-refractivity contribution is 0.307. The molecule has 0 spiro atoms. The van der Waals surface area contributed by atoms with E-state index < -0.39 is 0 Å². The summed E-state index contributed by atoms with van der Waals surface area (Å²) in [6.07, 6.45) is 5.82. The summed E-state index contributed by atoms with van der Waals surface area (Å²) in [6, 6.07) is 2.33. The van der Waals surface area contributed by atoms with E-state index in [9.17, 15) is 0 Å². The summed E-state index contributed by atoms with van der Waals surface area (Å²) in [6.45, 7) is 8.03. The minimum absolute atomic E-state index is 0.852. The number of fused-ring (bicyclic) bond motifs is 3. The second kappa shape index (κ2) is 5.91. The van der Waals surface area contributed by atoms with E-state index in [1.165, 1.54) is 48.1 Å².